The van der Waals surface area contributed by atoms with Crippen LogP contribution in [-0.4, -0.2) is 67.8 Å². The third-order valence-electron chi connectivity index (χ3n) is 9.44. The van der Waals surface area contributed by atoms with Crippen molar-refractivity contribution in [2.45, 2.75) is 104 Å². The van der Waals surface area contributed by atoms with E-state index in [0.29, 0.717) is 57.3 Å². The number of fused-ring (bicyclic) bond motifs is 1. The first kappa shape index (κ1) is 33.1. The molecule has 0 radical (unpaired) electrons. The lowest BCUT2D eigenvalue weighted by Crippen LogP contribution is -2.57. The quantitative estimate of drug-likeness (QED) is 0.197. The number of nitrogens with zero attached hydrogens (tertiary/aromatic N) is 4. The summed E-state index contributed by atoms with van der Waals surface area (Å²) in [6.45, 7) is 11.7. The Hall–Kier alpha value is -3.76. The van der Waals surface area contributed by atoms with Crippen LogP contribution in [0, 0.1) is 23.7 Å². The second-order valence-electron chi connectivity index (χ2n) is 12.8. The zero-order valence-corrected chi connectivity index (χ0v) is 26.8. The highest BCUT2D eigenvalue weighted by Gasteiger charge is 2.59. The number of ketones is 2. The number of carbonyl (C=O) groups excluding carboxylic acids is 4. The molecule has 44 heavy (non-hydrogen) atoms. The van der Waals surface area contributed by atoms with Crippen molar-refractivity contribution in [1.82, 2.24) is 19.9 Å². The number of hydrogen-bond acceptors (Lipinski definition) is 9. The number of Topliss-reactive ketones (excluding diaryl/α,β-unsaturated/α-hetero) is 2. The van der Waals surface area contributed by atoms with Crippen molar-refractivity contribution in [3.63, 3.8) is 0 Å². The first-order chi connectivity index (χ1) is 20.9. The van der Waals surface area contributed by atoms with Crippen LogP contribution in [0.4, 0.5) is 10.5 Å². The van der Waals surface area contributed by atoms with E-state index in [1.165, 1.54) is 0 Å². The summed E-state index contributed by atoms with van der Waals surface area (Å²) >= 11 is 0. The number of ether oxygens (including phenoxy) is 2. The highest BCUT2D eigenvalue weighted by Crippen LogP contribution is 2.41. The van der Waals surface area contributed by atoms with Crippen LogP contribution in [0.25, 0.3) is 11.3 Å². The lowest BCUT2D eigenvalue weighted by atomic mass is 9.76. The second-order valence-corrected chi connectivity index (χ2v) is 12.8. The number of aryl methyl sites for hydroxylation is 1. The van der Waals surface area contributed by atoms with Crippen molar-refractivity contribution in [3.05, 3.63) is 30.5 Å². The molecule has 1 aromatic heterocycles. The van der Waals surface area contributed by atoms with Crippen LogP contribution in [0.1, 0.15) is 80.1 Å². The molecule has 4 rings (SSSR count). The SMILES string of the molecule is CC[C@H]1OC(=O)[C@H](C)C(=O)[C@H](C)CCC[C@@H](C)C(=O)[C@H](C)C2N(CCCCn3cc(-c4cccc(N)c4)nn3)C(=O)O[C@@]21C. The Bertz CT molecular complexity index is 1360. The number of nitrogen functional groups attached to an aromatic ring is 1. The summed E-state index contributed by atoms with van der Waals surface area (Å²) in [5, 5.41) is 8.49. The molecule has 2 N–H and O–H groups in total. The predicted molar refractivity (Wildman–Crippen MR) is 165 cm³/mol. The summed E-state index contributed by atoms with van der Waals surface area (Å²) in [7, 11) is 0. The van der Waals surface area contributed by atoms with Gasteiger partial charge in [-0.25, -0.2) is 4.79 Å². The summed E-state index contributed by atoms with van der Waals surface area (Å²) in [5.41, 5.74) is 6.89. The molecular formula is C33H47N5O6. The summed E-state index contributed by atoms with van der Waals surface area (Å²) < 4.78 is 13.7. The zero-order valence-electron chi connectivity index (χ0n) is 26.8. The fraction of sp³-hybridized carbons (Fsp3) is 0.636. The van der Waals surface area contributed by atoms with Crippen molar-refractivity contribution >= 4 is 29.3 Å². The second kappa shape index (κ2) is 13.9. The largest absolute Gasteiger partial charge is 0.458 e. The molecule has 0 spiro atoms. The van der Waals surface area contributed by atoms with E-state index in [0.717, 1.165) is 11.3 Å². The van der Waals surface area contributed by atoms with E-state index in [1.54, 1.807) is 23.4 Å². The maximum Gasteiger partial charge on any atom is 0.410 e. The van der Waals surface area contributed by atoms with Crippen LogP contribution in [0.5, 0.6) is 0 Å². The fourth-order valence-electron chi connectivity index (χ4n) is 6.79. The average molecular weight is 610 g/mol. The van der Waals surface area contributed by atoms with Gasteiger partial charge in [0.1, 0.15) is 29.3 Å². The van der Waals surface area contributed by atoms with Gasteiger partial charge in [-0.05, 0) is 58.1 Å². The molecule has 1 amide bonds. The molecule has 240 valence electrons. The van der Waals surface area contributed by atoms with Gasteiger partial charge in [0, 0.05) is 42.1 Å². The number of carbonyl (C=O) groups is 4. The molecule has 2 saturated heterocycles. The molecule has 2 aromatic rings. The van der Waals surface area contributed by atoms with E-state index in [-0.39, 0.29) is 23.4 Å². The third-order valence-corrected chi connectivity index (χ3v) is 9.44. The van der Waals surface area contributed by atoms with Gasteiger partial charge in [-0.1, -0.05) is 51.5 Å². The van der Waals surface area contributed by atoms with Gasteiger partial charge in [-0.2, -0.15) is 0 Å². The Morgan fingerprint density at radius 2 is 1.68 bits per heavy atom. The molecule has 0 bridgehead atoms. The van der Waals surface area contributed by atoms with Crippen molar-refractivity contribution < 1.29 is 28.7 Å². The lowest BCUT2D eigenvalue weighted by molar-refractivity contribution is -0.171. The first-order valence-electron chi connectivity index (χ1n) is 15.9. The van der Waals surface area contributed by atoms with E-state index in [9.17, 15) is 19.2 Å². The van der Waals surface area contributed by atoms with E-state index in [1.807, 2.05) is 58.2 Å². The summed E-state index contributed by atoms with van der Waals surface area (Å²) in [5.74, 6) is -2.81. The molecule has 1 unspecified atom stereocenters. The van der Waals surface area contributed by atoms with Gasteiger partial charge in [0.05, 0.1) is 12.2 Å². The number of rotatable bonds is 7. The highest BCUT2D eigenvalue weighted by molar-refractivity contribution is 5.99. The van der Waals surface area contributed by atoms with Gasteiger partial charge >= 0.3 is 12.1 Å². The van der Waals surface area contributed by atoms with E-state index in [4.69, 9.17) is 15.2 Å². The first-order valence-corrected chi connectivity index (χ1v) is 15.9. The molecule has 2 aliphatic heterocycles. The highest BCUT2D eigenvalue weighted by atomic mass is 16.6. The summed E-state index contributed by atoms with van der Waals surface area (Å²) in [6.07, 6.45) is 4.11. The van der Waals surface area contributed by atoms with Gasteiger partial charge in [0.25, 0.3) is 0 Å². The van der Waals surface area contributed by atoms with Gasteiger partial charge in [0.2, 0.25) is 0 Å². The van der Waals surface area contributed by atoms with Crippen molar-refractivity contribution in [1.29, 1.82) is 0 Å². The van der Waals surface area contributed by atoms with Gasteiger partial charge in [0.15, 0.2) is 5.60 Å². The minimum absolute atomic E-state index is 0.0341. The van der Waals surface area contributed by atoms with Crippen LogP contribution in [0.2, 0.25) is 0 Å². The Labute approximate surface area is 259 Å². The van der Waals surface area contributed by atoms with Crippen LogP contribution < -0.4 is 5.73 Å². The Balaban J connectivity index is 1.52. The van der Waals surface area contributed by atoms with Crippen molar-refractivity contribution in [2.75, 3.05) is 12.3 Å². The molecule has 1 aromatic carbocycles. The van der Waals surface area contributed by atoms with E-state index >= 15 is 0 Å². The van der Waals surface area contributed by atoms with E-state index in [2.05, 4.69) is 10.3 Å². The summed E-state index contributed by atoms with van der Waals surface area (Å²) in [6, 6.07) is 6.82. The zero-order chi connectivity index (χ0) is 32.2. The number of amides is 1. The fourth-order valence-corrected chi connectivity index (χ4v) is 6.79. The van der Waals surface area contributed by atoms with Crippen LogP contribution in [0.3, 0.4) is 0 Å². The minimum atomic E-state index is -1.27. The number of anilines is 1. The van der Waals surface area contributed by atoms with Gasteiger partial charge < -0.3 is 20.1 Å². The topological polar surface area (TPSA) is 147 Å². The Kier molecular flexibility index (Phi) is 10.5. The number of benzene rings is 1. The minimum Gasteiger partial charge on any atom is -0.458 e. The van der Waals surface area contributed by atoms with Crippen LogP contribution >= 0.6 is 0 Å². The number of cyclic esters (lactones) is 1. The Morgan fingerprint density at radius 1 is 1.00 bits per heavy atom. The molecule has 7 atom stereocenters. The lowest BCUT2D eigenvalue weighted by Gasteiger charge is -2.40. The molecule has 0 aliphatic carbocycles. The monoisotopic (exact) mass is 609 g/mol. The average Bonchev–Trinajstić information content (AvgIpc) is 3.57. The number of unbranched alkanes of at least 4 members (excludes halogenated alkanes) is 1. The standard InChI is InChI=1S/C33H47N5O6/c1-7-27-33(6)30(22(4)28(39)20(2)12-10-13-21(3)29(40)23(5)31(41)43-27)38(32(42)44-33)17-9-8-16-37-19-26(35-36-37)24-14-11-15-25(34)18-24/h11,14-15,18-23,27,30H,7-10,12-13,16-17,34H2,1-6H3/t20-,21-,22+,23-,27-,30?,33-/m1/s1. The van der Waals surface area contributed by atoms with Crippen LogP contribution in [-0.2, 0) is 30.4 Å². The molecule has 3 heterocycles. The smallest absolute Gasteiger partial charge is 0.410 e. The number of nitrogens with two attached hydrogens (primary N) is 1. The van der Waals surface area contributed by atoms with Crippen LogP contribution in [0.15, 0.2) is 30.5 Å². The van der Waals surface area contributed by atoms with Crippen molar-refractivity contribution in [2.24, 2.45) is 23.7 Å². The molecule has 0 saturated carbocycles. The number of esters is 1. The number of aromatic nitrogens is 3. The van der Waals surface area contributed by atoms with Gasteiger partial charge in [-0.15, -0.1) is 5.10 Å². The Morgan fingerprint density at radius 3 is 2.36 bits per heavy atom. The maximum atomic E-state index is 13.8. The molecule has 2 aliphatic rings. The van der Waals surface area contributed by atoms with Gasteiger partial charge in [-0.3, -0.25) is 19.1 Å². The molecule has 2 fully saturated rings. The van der Waals surface area contributed by atoms with E-state index < -0.39 is 41.6 Å². The van der Waals surface area contributed by atoms with Crippen molar-refractivity contribution in [3.8, 4) is 11.3 Å². The molecular weight excluding hydrogens is 562 g/mol. The molecule has 11 nitrogen and oxygen atoms in total. The third kappa shape index (κ3) is 6.97. The molecule has 11 heteroatoms. The normalized spacial score (nSPS) is 30.5. The maximum absolute atomic E-state index is 13.8. The number of hydrogen-bond donors (Lipinski definition) is 1. The summed E-state index contributed by atoms with van der Waals surface area (Å²) in [4.78, 5) is 55.0. The predicted octanol–water partition coefficient (Wildman–Crippen LogP) is 5.08.